The maximum absolute atomic E-state index is 9.88. The Bertz CT molecular complexity index is 144. The van der Waals surface area contributed by atoms with Gasteiger partial charge in [-0.25, -0.2) is 0 Å². The molecular formula is C3H4N2O2S. The predicted molar refractivity (Wildman–Crippen MR) is 30.7 cm³/mol. The van der Waals surface area contributed by atoms with Gasteiger partial charge in [0.1, 0.15) is 0 Å². The van der Waals surface area contributed by atoms with Crippen molar-refractivity contribution in [3.63, 3.8) is 0 Å². The molecular weight excluding hydrogens is 128 g/mol. The minimum Gasteiger partial charge on any atom is -0.258 e. The van der Waals surface area contributed by atoms with E-state index in [1.165, 1.54) is 0 Å². The van der Waals surface area contributed by atoms with Crippen LogP contribution in [0.2, 0.25) is 0 Å². The molecule has 1 rings (SSSR count). The van der Waals surface area contributed by atoms with E-state index in [2.05, 4.69) is 4.72 Å². The SMILES string of the molecule is O=[N+]([O-])C1=CCNS1. The summed E-state index contributed by atoms with van der Waals surface area (Å²) in [6.45, 7) is 0.598. The largest absolute Gasteiger partial charge is 0.315 e. The van der Waals surface area contributed by atoms with Gasteiger partial charge in [0, 0.05) is 24.6 Å². The molecule has 0 unspecified atom stereocenters. The molecule has 0 saturated heterocycles. The topological polar surface area (TPSA) is 55.2 Å². The molecule has 0 aromatic heterocycles. The molecule has 1 aliphatic heterocycles. The van der Waals surface area contributed by atoms with Gasteiger partial charge in [-0.3, -0.25) is 14.8 Å². The molecule has 1 aliphatic rings. The molecule has 4 nitrogen and oxygen atoms in total. The number of nitrogens with one attached hydrogen (secondary N) is 1. The standard InChI is InChI=1S/C3H4N2O2S/c6-5(7)3-1-2-4-8-3/h1,4H,2H2. The van der Waals surface area contributed by atoms with Crippen molar-refractivity contribution in [1.82, 2.24) is 4.72 Å². The number of nitrogens with zero attached hydrogens (tertiary/aromatic N) is 1. The summed E-state index contributed by atoms with van der Waals surface area (Å²) in [5, 5.41) is 10.1. The molecule has 0 aliphatic carbocycles. The molecule has 0 spiro atoms. The number of rotatable bonds is 1. The first-order valence-corrected chi connectivity index (χ1v) is 2.86. The molecule has 44 valence electrons. The Kier molecular flexibility index (Phi) is 1.50. The Morgan fingerprint density at radius 1 is 2.00 bits per heavy atom. The third-order valence-corrected chi connectivity index (χ3v) is 1.55. The lowest BCUT2D eigenvalue weighted by Gasteiger charge is -1.84. The minimum atomic E-state index is -0.398. The number of hydrogen-bond donors (Lipinski definition) is 1. The van der Waals surface area contributed by atoms with E-state index in [4.69, 9.17) is 0 Å². The van der Waals surface area contributed by atoms with Crippen LogP contribution in [0.3, 0.4) is 0 Å². The smallest absolute Gasteiger partial charge is 0.258 e. The molecule has 0 aromatic rings. The first-order chi connectivity index (χ1) is 3.80. The third kappa shape index (κ3) is 0.988. The van der Waals surface area contributed by atoms with Crippen molar-refractivity contribution in [3.05, 3.63) is 21.2 Å². The van der Waals surface area contributed by atoms with Gasteiger partial charge >= 0.3 is 5.03 Å². The van der Waals surface area contributed by atoms with Crippen LogP contribution in [0.1, 0.15) is 0 Å². The van der Waals surface area contributed by atoms with E-state index in [9.17, 15) is 10.1 Å². The highest BCUT2D eigenvalue weighted by molar-refractivity contribution is 8.01. The van der Waals surface area contributed by atoms with E-state index in [0.717, 1.165) is 11.9 Å². The zero-order chi connectivity index (χ0) is 5.98. The second-order valence-electron chi connectivity index (χ2n) is 1.25. The van der Waals surface area contributed by atoms with Gasteiger partial charge in [0.15, 0.2) is 0 Å². The Morgan fingerprint density at radius 3 is 3.00 bits per heavy atom. The Labute approximate surface area is 50.2 Å². The summed E-state index contributed by atoms with van der Waals surface area (Å²) in [7, 11) is 0. The van der Waals surface area contributed by atoms with Gasteiger partial charge in [-0.05, 0) is 0 Å². The molecule has 0 saturated carbocycles. The van der Waals surface area contributed by atoms with Gasteiger partial charge in [-0.15, -0.1) is 0 Å². The summed E-state index contributed by atoms with van der Waals surface area (Å²) < 4.78 is 2.74. The van der Waals surface area contributed by atoms with E-state index in [0.29, 0.717) is 6.54 Å². The van der Waals surface area contributed by atoms with Crippen molar-refractivity contribution in [3.8, 4) is 0 Å². The van der Waals surface area contributed by atoms with Gasteiger partial charge in [0.2, 0.25) is 0 Å². The average molecular weight is 132 g/mol. The lowest BCUT2D eigenvalue weighted by molar-refractivity contribution is -0.410. The first-order valence-electron chi connectivity index (χ1n) is 2.05. The first kappa shape index (κ1) is 5.58. The Morgan fingerprint density at radius 2 is 2.75 bits per heavy atom. The van der Waals surface area contributed by atoms with Gasteiger partial charge in [0.25, 0.3) is 0 Å². The normalized spacial score (nSPS) is 18.2. The molecule has 5 heteroatoms. The molecule has 0 radical (unpaired) electrons. The lowest BCUT2D eigenvalue weighted by Crippen LogP contribution is -1.95. The van der Waals surface area contributed by atoms with Crippen LogP contribution in [0.5, 0.6) is 0 Å². The Balaban J connectivity index is 2.57. The molecule has 0 amide bonds. The van der Waals surface area contributed by atoms with E-state index >= 15 is 0 Å². The van der Waals surface area contributed by atoms with Crippen molar-refractivity contribution in [1.29, 1.82) is 0 Å². The van der Waals surface area contributed by atoms with Crippen LogP contribution < -0.4 is 4.72 Å². The summed E-state index contributed by atoms with van der Waals surface area (Å²) in [5.41, 5.74) is 0. The van der Waals surface area contributed by atoms with Crippen molar-refractivity contribution in [2.24, 2.45) is 0 Å². The monoisotopic (exact) mass is 132 g/mol. The van der Waals surface area contributed by atoms with Gasteiger partial charge in [-0.2, -0.15) is 0 Å². The minimum absolute atomic E-state index is 0.199. The molecule has 1 N–H and O–H groups in total. The Hall–Kier alpha value is -0.550. The summed E-state index contributed by atoms with van der Waals surface area (Å²) in [6.07, 6.45) is 1.55. The second kappa shape index (κ2) is 2.15. The fraction of sp³-hybridized carbons (Fsp3) is 0.333. The summed E-state index contributed by atoms with van der Waals surface area (Å²) in [6, 6.07) is 0. The number of nitro groups is 1. The van der Waals surface area contributed by atoms with E-state index in [-0.39, 0.29) is 5.03 Å². The van der Waals surface area contributed by atoms with Crippen LogP contribution in [0.15, 0.2) is 11.1 Å². The van der Waals surface area contributed by atoms with Gasteiger partial charge < -0.3 is 0 Å². The molecule has 8 heavy (non-hydrogen) atoms. The van der Waals surface area contributed by atoms with Gasteiger partial charge in [0.05, 0.1) is 4.92 Å². The maximum Gasteiger partial charge on any atom is 0.315 e. The van der Waals surface area contributed by atoms with Crippen LogP contribution in [-0.4, -0.2) is 11.5 Å². The highest BCUT2D eigenvalue weighted by Crippen LogP contribution is 2.15. The molecule has 0 atom stereocenters. The molecule has 0 bridgehead atoms. The quantitative estimate of drug-likeness (QED) is 0.318. The summed E-state index contributed by atoms with van der Waals surface area (Å²) >= 11 is 1.06. The van der Waals surface area contributed by atoms with Crippen LogP contribution in [0.4, 0.5) is 0 Å². The van der Waals surface area contributed by atoms with E-state index in [1.807, 2.05) is 0 Å². The van der Waals surface area contributed by atoms with Gasteiger partial charge in [-0.1, -0.05) is 0 Å². The molecule has 1 heterocycles. The second-order valence-corrected chi connectivity index (χ2v) is 2.16. The van der Waals surface area contributed by atoms with E-state index < -0.39 is 4.92 Å². The number of hydrogen-bond acceptors (Lipinski definition) is 4. The highest BCUT2D eigenvalue weighted by atomic mass is 32.2. The van der Waals surface area contributed by atoms with Crippen molar-refractivity contribution >= 4 is 11.9 Å². The van der Waals surface area contributed by atoms with Crippen molar-refractivity contribution in [2.75, 3.05) is 6.54 Å². The average Bonchev–Trinajstić information content (AvgIpc) is 2.12. The van der Waals surface area contributed by atoms with Crippen LogP contribution in [-0.2, 0) is 0 Å². The highest BCUT2D eigenvalue weighted by Gasteiger charge is 2.14. The van der Waals surface area contributed by atoms with Crippen LogP contribution >= 0.6 is 11.9 Å². The molecule has 0 fully saturated rings. The van der Waals surface area contributed by atoms with E-state index in [1.54, 1.807) is 6.08 Å². The zero-order valence-electron chi connectivity index (χ0n) is 3.96. The molecule has 0 aromatic carbocycles. The fourth-order valence-corrected chi connectivity index (χ4v) is 0.954. The summed E-state index contributed by atoms with van der Waals surface area (Å²) in [5.74, 6) is 0. The zero-order valence-corrected chi connectivity index (χ0v) is 4.77. The van der Waals surface area contributed by atoms with Crippen molar-refractivity contribution in [2.45, 2.75) is 0 Å². The third-order valence-electron chi connectivity index (χ3n) is 0.717. The predicted octanol–water partition coefficient (Wildman–Crippen LogP) is 0.356. The summed E-state index contributed by atoms with van der Waals surface area (Å²) in [4.78, 5) is 9.48. The van der Waals surface area contributed by atoms with Crippen LogP contribution in [0, 0.1) is 10.1 Å². The lowest BCUT2D eigenvalue weighted by atomic mass is 10.6. The maximum atomic E-state index is 9.88. The van der Waals surface area contributed by atoms with Crippen molar-refractivity contribution < 1.29 is 4.92 Å². The fourth-order valence-electron chi connectivity index (χ4n) is 0.398. The van der Waals surface area contributed by atoms with Crippen LogP contribution in [0.25, 0.3) is 0 Å².